The zero-order valence-electron chi connectivity index (χ0n) is 12.7. The summed E-state index contributed by atoms with van der Waals surface area (Å²) in [7, 11) is 0. The average molecular weight is 317 g/mol. The Hall–Kier alpha value is -1.79. The maximum absolute atomic E-state index is 12.4. The molecule has 1 amide bonds. The van der Waals surface area contributed by atoms with E-state index < -0.39 is 0 Å². The molecule has 22 heavy (non-hydrogen) atoms. The van der Waals surface area contributed by atoms with Gasteiger partial charge in [0.1, 0.15) is 5.01 Å². The van der Waals surface area contributed by atoms with Crippen LogP contribution in [-0.4, -0.2) is 46.1 Å². The van der Waals surface area contributed by atoms with E-state index in [0.717, 1.165) is 16.4 Å². The van der Waals surface area contributed by atoms with Crippen LogP contribution in [0.1, 0.15) is 19.5 Å². The van der Waals surface area contributed by atoms with Gasteiger partial charge in [0, 0.05) is 24.7 Å². The van der Waals surface area contributed by atoms with Crippen LogP contribution in [0, 0.1) is 0 Å². The number of nitrogens with zero attached hydrogens (tertiary/aromatic N) is 3. The number of rotatable bonds is 3. The van der Waals surface area contributed by atoms with Gasteiger partial charge >= 0.3 is 0 Å². The molecule has 116 valence electrons. The minimum Gasteiger partial charge on any atom is -0.372 e. The fourth-order valence-electron chi connectivity index (χ4n) is 2.64. The van der Waals surface area contributed by atoms with Gasteiger partial charge in [-0.15, -0.1) is 11.3 Å². The minimum atomic E-state index is 0.0900. The average Bonchev–Trinajstić information content (AvgIpc) is 2.95. The summed E-state index contributed by atoms with van der Waals surface area (Å²) in [6, 6.07) is 5.74. The highest BCUT2D eigenvalue weighted by atomic mass is 32.1. The van der Waals surface area contributed by atoms with Gasteiger partial charge < -0.3 is 9.64 Å². The maximum atomic E-state index is 12.4. The SMILES string of the molecule is CC1CN(C(=O)Cc2csc(-c3ccccn3)n2)CC(C)O1. The van der Waals surface area contributed by atoms with E-state index in [1.54, 1.807) is 6.20 Å². The highest BCUT2D eigenvalue weighted by molar-refractivity contribution is 7.13. The van der Waals surface area contributed by atoms with Crippen molar-refractivity contribution in [3.8, 4) is 10.7 Å². The van der Waals surface area contributed by atoms with E-state index in [1.807, 2.05) is 42.3 Å². The number of carbonyl (C=O) groups excluding carboxylic acids is 1. The fourth-order valence-corrected chi connectivity index (χ4v) is 3.44. The highest BCUT2D eigenvalue weighted by Crippen LogP contribution is 2.22. The first-order valence-electron chi connectivity index (χ1n) is 7.41. The Morgan fingerprint density at radius 2 is 2.14 bits per heavy atom. The molecule has 5 nitrogen and oxygen atoms in total. The van der Waals surface area contributed by atoms with Gasteiger partial charge in [-0.25, -0.2) is 4.98 Å². The van der Waals surface area contributed by atoms with Crippen molar-refractivity contribution in [3.05, 3.63) is 35.5 Å². The first kappa shape index (κ1) is 15.1. The minimum absolute atomic E-state index is 0.0900. The number of carbonyl (C=O) groups is 1. The van der Waals surface area contributed by atoms with Crippen molar-refractivity contribution >= 4 is 17.2 Å². The molecule has 0 N–H and O–H groups in total. The third-order valence-corrected chi connectivity index (χ3v) is 4.45. The van der Waals surface area contributed by atoms with Gasteiger partial charge in [0.25, 0.3) is 0 Å². The molecule has 1 saturated heterocycles. The summed E-state index contributed by atoms with van der Waals surface area (Å²) in [5.41, 5.74) is 1.65. The smallest absolute Gasteiger partial charge is 0.228 e. The van der Waals surface area contributed by atoms with Crippen molar-refractivity contribution in [2.75, 3.05) is 13.1 Å². The molecule has 3 heterocycles. The van der Waals surface area contributed by atoms with E-state index >= 15 is 0 Å². The van der Waals surface area contributed by atoms with Crippen molar-refractivity contribution in [2.24, 2.45) is 0 Å². The molecule has 6 heteroatoms. The number of hydrogen-bond donors (Lipinski definition) is 0. The number of morpholine rings is 1. The molecular formula is C16H19N3O2S. The zero-order chi connectivity index (χ0) is 15.5. The molecular weight excluding hydrogens is 298 g/mol. The highest BCUT2D eigenvalue weighted by Gasteiger charge is 2.26. The first-order valence-corrected chi connectivity index (χ1v) is 8.29. The molecule has 0 spiro atoms. The molecule has 0 bridgehead atoms. The van der Waals surface area contributed by atoms with Gasteiger partial charge in [-0.1, -0.05) is 6.07 Å². The molecule has 1 aliphatic rings. The Kier molecular flexibility index (Phi) is 4.49. The third kappa shape index (κ3) is 3.51. The lowest BCUT2D eigenvalue weighted by molar-refractivity contribution is -0.142. The van der Waals surface area contributed by atoms with Crippen LogP contribution < -0.4 is 0 Å². The molecule has 0 saturated carbocycles. The predicted octanol–water partition coefficient (Wildman–Crippen LogP) is 2.38. The van der Waals surface area contributed by atoms with Gasteiger partial charge in [-0.2, -0.15) is 0 Å². The molecule has 2 unspecified atom stereocenters. The van der Waals surface area contributed by atoms with Gasteiger partial charge in [-0.3, -0.25) is 9.78 Å². The molecule has 0 radical (unpaired) electrons. The topological polar surface area (TPSA) is 55.3 Å². The van der Waals surface area contributed by atoms with Gasteiger partial charge in [0.15, 0.2) is 0 Å². The Morgan fingerprint density at radius 3 is 2.82 bits per heavy atom. The summed E-state index contributed by atoms with van der Waals surface area (Å²) in [6.45, 7) is 5.30. The van der Waals surface area contributed by atoms with E-state index in [9.17, 15) is 4.79 Å². The van der Waals surface area contributed by atoms with Crippen molar-refractivity contribution in [3.63, 3.8) is 0 Å². The number of amides is 1. The Bertz CT molecular complexity index is 634. The van der Waals surface area contributed by atoms with E-state index in [2.05, 4.69) is 9.97 Å². The van der Waals surface area contributed by atoms with Crippen molar-refractivity contribution in [2.45, 2.75) is 32.5 Å². The number of ether oxygens (including phenoxy) is 1. The monoisotopic (exact) mass is 317 g/mol. The van der Waals surface area contributed by atoms with E-state index in [4.69, 9.17) is 4.74 Å². The van der Waals surface area contributed by atoms with Crippen LogP contribution >= 0.6 is 11.3 Å². The maximum Gasteiger partial charge on any atom is 0.228 e. The van der Waals surface area contributed by atoms with E-state index in [0.29, 0.717) is 19.5 Å². The van der Waals surface area contributed by atoms with E-state index in [-0.39, 0.29) is 18.1 Å². The molecule has 0 aliphatic carbocycles. The van der Waals surface area contributed by atoms with Crippen LogP contribution in [0.25, 0.3) is 10.7 Å². The van der Waals surface area contributed by atoms with Crippen LogP contribution in [-0.2, 0) is 16.0 Å². The zero-order valence-corrected chi connectivity index (χ0v) is 13.5. The molecule has 0 aromatic carbocycles. The summed E-state index contributed by atoms with van der Waals surface area (Å²) < 4.78 is 5.66. The lowest BCUT2D eigenvalue weighted by Gasteiger charge is -2.35. The van der Waals surface area contributed by atoms with Crippen LogP contribution in [0.4, 0.5) is 0 Å². The summed E-state index contributed by atoms with van der Waals surface area (Å²) >= 11 is 1.52. The predicted molar refractivity (Wildman–Crippen MR) is 85.6 cm³/mol. The fraction of sp³-hybridized carbons (Fsp3) is 0.438. The first-order chi connectivity index (χ1) is 10.6. The van der Waals surface area contributed by atoms with Crippen LogP contribution in [0.15, 0.2) is 29.8 Å². The largest absolute Gasteiger partial charge is 0.372 e. The summed E-state index contributed by atoms with van der Waals surface area (Å²) in [5, 5.41) is 2.79. The molecule has 3 rings (SSSR count). The molecule has 2 aromatic rings. The Morgan fingerprint density at radius 1 is 1.36 bits per heavy atom. The van der Waals surface area contributed by atoms with Gasteiger partial charge in [-0.05, 0) is 26.0 Å². The molecule has 1 aliphatic heterocycles. The van der Waals surface area contributed by atoms with Crippen LogP contribution in [0.3, 0.4) is 0 Å². The van der Waals surface area contributed by atoms with E-state index in [1.165, 1.54) is 11.3 Å². The summed E-state index contributed by atoms with van der Waals surface area (Å²) in [5.74, 6) is 0.111. The van der Waals surface area contributed by atoms with Crippen molar-refractivity contribution < 1.29 is 9.53 Å². The number of thiazole rings is 1. The molecule has 2 atom stereocenters. The van der Waals surface area contributed by atoms with Crippen LogP contribution in [0.5, 0.6) is 0 Å². The second-order valence-electron chi connectivity index (χ2n) is 5.59. The normalized spacial score (nSPS) is 21.8. The Labute approximate surface area is 134 Å². The second-order valence-corrected chi connectivity index (χ2v) is 6.45. The van der Waals surface area contributed by atoms with Crippen LogP contribution in [0.2, 0.25) is 0 Å². The van der Waals surface area contributed by atoms with Gasteiger partial charge in [0.05, 0.1) is 30.0 Å². The lowest BCUT2D eigenvalue weighted by atomic mass is 10.2. The second kappa shape index (κ2) is 6.54. The number of hydrogen-bond acceptors (Lipinski definition) is 5. The number of pyridine rings is 1. The lowest BCUT2D eigenvalue weighted by Crippen LogP contribution is -2.48. The summed E-state index contributed by atoms with van der Waals surface area (Å²) in [6.07, 6.45) is 2.26. The van der Waals surface area contributed by atoms with Crippen molar-refractivity contribution in [1.29, 1.82) is 0 Å². The Balaban J connectivity index is 1.66. The third-order valence-electron chi connectivity index (χ3n) is 3.54. The number of aromatic nitrogens is 2. The summed E-state index contributed by atoms with van der Waals surface area (Å²) in [4.78, 5) is 23.1. The van der Waals surface area contributed by atoms with Crippen molar-refractivity contribution in [1.82, 2.24) is 14.9 Å². The standard InChI is InChI=1S/C16H19N3O2S/c1-11-8-19(9-12(2)21-11)15(20)7-13-10-22-16(18-13)14-5-3-4-6-17-14/h3-6,10-12H,7-9H2,1-2H3. The quantitative estimate of drug-likeness (QED) is 0.872. The molecule has 1 fully saturated rings. The molecule has 2 aromatic heterocycles. The van der Waals surface area contributed by atoms with Gasteiger partial charge in [0.2, 0.25) is 5.91 Å².